The number of halogens is 1. The Hall–Kier alpha value is -3.49. The van der Waals surface area contributed by atoms with Gasteiger partial charge in [-0.25, -0.2) is 4.39 Å². The van der Waals surface area contributed by atoms with Gasteiger partial charge in [-0.15, -0.1) is 0 Å². The predicted octanol–water partition coefficient (Wildman–Crippen LogP) is 5.86. The van der Waals surface area contributed by atoms with Crippen LogP contribution < -0.4 is 10.1 Å². The van der Waals surface area contributed by atoms with Crippen molar-refractivity contribution in [2.45, 2.75) is 44.8 Å². The normalized spacial score (nSPS) is 16.4. The Kier molecular flexibility index (Phi) is 8.06. The first-order chi connectivity index (χ1) is 16.6. The van der Waals surface area contributed by atoms with E-state index in [1.165, 1.54) is 12.1 Å². The lowest BCUT2D eigenvalue weighted by molar-refractivity contribution is -0.122. The molecule has 0 bridgehead atoms. The largest absolute Gasteiger partial charge is 0.488 e. The van der Waals surface area contributed by atoms with Crippen molar-refractivity contribution in [3.05, 3.63) is 89.7 Å². The van der Waals surface area contributed by atoms with E-state index in [-0.39, 0.29) is 30.0 Å². The van der Waals surface area contributed by atoms with Crippen molar-refractivity contribution < 1.29 is 13.9 Å². The van der Waals surface area contributed by atoms with Crippen molar-refractivity contribution in [1.29, 1.82) is 5.26 Å². The second-order valence-electron chi connectivity index (χ2n) is 8.81. The van der Waals surface area contributed by atoms with Gasteiger partial charge in [0.05, 0.1) is 18.0 Å². The molecule has 1 heterocycles. The molecule has 3 aromatic rings. The first kappa shape index (κ1) is 23.7. The van der Waals surface area contributed by atoms with Crippen molar-refractivity contribution in [1.82, 2.24) is 5.32 Å². The van der Waals surface area contributed by atoms with Gasteiger partial charge in [0.15, 0.2) is 5.78 Å². The number of hydrogen-bond acceptors (Lipinski definition) is 4. The van der Waals surface area contributed by atoms with Crippen LogP contribution in [0.4, 0.5) is 4.39 Å². The van der Waals surface area contributed by atoms with Crippen molar-refractivity contribution in [2.24, 2.45) is 5.92 Å². The van der Waals surface area contributed by atoms with Crippen LogP contribution in [0.25, 0.3) is 11.1 Å². The highest BCUT2D eigenvalue weighted by Crippen LogP contribution is 2.32. The molecule has 0 aliphatic carbocycles. The van der Waals surface area contributed by atoms with Crippen LogP contribution in [0.15, 0.2) is 72.8 Å². The summed E-state index contributed by atoms with van der Waals surface area (Å²) in [5.74, 6) is -0.0819. The molecule has 0 saturated carbocycles. The SMILES string of the molecule is N#C[C@@H](CC(=O)[C@@H]1CCCCN1)Cc1ccc(-c2ccc(F)cc2OCc2ccccc2)cc1. The Balaban J connectivity index is 1.42. The van der Waals surface area contributed by atoms with Crippen LogP contribution >= 0.6 is 0 Å². The molecule has 0 amide bonds. The number of carbonyl (C=O) groups is 1. The van der Waals surface area contributed by atoms with Gasteiger partial charge < -0.3 is 10.1 Å². The molecule has 0 spiro atoms. The zero-order valence-electron chi connectivity index (χ0n) is 19.2. The molecule has 0 unspecified atom stereocenters. The van der Waals surface area contributed by atoms with Gasteiger partial charge in [0.25, 0.3) is 0 Å². The van der Waals surface area contributed by atoms with Gasteiger partial charge in [0, 0.05) is 18.1 Å². The molecule has 5 heteroatoms. The van der Waals surface area contributed by atoms with E-state index in [0.29, 0.717) is 18.8 Å². The average molecular weight is 457 g/mol. The second-order valence-corrected chi connectivity index (χ2v) is 8.81. The van der Waals surface area contributed by atoms with E-state index in [1.54, 1.807) is 6.07 Å². The number of carbonyl (C=O) groups excluding carboxylic acids is 1. The van der Waals surface area contributed by atoms with E-state index in [9.17, 15) is 14.4 Å². The van der Waals surface area contributed by atoms with Crippen LogP contribution in [0.2, 0.25) is 0 Å². The van der Waals surface area contributed by atoms with Crippen molar-refractivity contribution in [3.8, 4) is 22.9 Å². The lowest BCUT2D eigenvalue weighted by Gasteiger charge is -2.23. The number of hydrogen-bond donors (Lipinski definition) is 1. The average Bonchev–Trinajstić information content (AvgIpc) is 2.89. The van der Waals surface area contributed by atoms with Crippen molar-refractivity contribution >= 4 is 5.78 Å². The maximum absolute atomic E-state index is 13.9. The Labute approximate surface area is 200 Å². The fourth-order valence-corrected chi connectivity index (χ4v) is 4.37. The van der Waals surface area contributed by atoms with E-state index in [0.717, 1.165) is 48.1 Å². The first-order valence-electron chi connectivity index (χ1n) is 11.8. The summed E-state index contributed by atoms with van der Waals surface area (Å²) in [4.78, 5) is 12.6. The summed E-state index contributed by atoms with van der Waals surface area (Å²) in [7, 11) is 0. The third-order valence-electron chi connectivity index (χ3n) is 6.26. The summed E-state index contributed by atoms with van der Waals surface area (Å²) in [5.41, 5.74) is 3.71. The summed E-state index contributed by atoms with van der Waals surface area (Å²) in [6, 6.07) is 24.3. The first-order valence-corrected chi connectivity index (χ1v) is 11.8. The second kappa shape index (κ2) is 11.6. The zero-order chi connectivity index (χ0) is 23.8. The standard InChI is InChI=1S/C29H29FN2O2/c30-25-13-14-26(29(18-25)34-20-22-6-2-1-3-7-22)24-11-9-21(10-12-24)16-23(19-31)17-28(33)27-8-4-5-15-32-27/h1-3,6-7,9-14,18,23,27,32H,4-5,8,15-17,20H2/t23-,27+/m1/s1. The van der Waals surface area contributed by atoms with Crippen LogP contribution in [0, 0.1) is 23.1 Å². The van der Waals surface area contributed by atoms with E-state index in [1.807, 2.05) is 54.6 Å². The highest BCUT2D eigenvalue weighted by molar-refractivity contribution is 5.84. The number of nitrogens with one attached hydrogen (secondary N) is 1. The molecule has 1 aliphatic heterocycles. The number of nitrogens with zero attached hydrogens (tertiary/aromatic N) is 1. The minimum atomic E-state index is -0.350. The molecule has 1 aliphatic rings. The lowest BCUT2D eigenvalue weighted by Crippen LogP contribution is -2.41. The van der Waals surface area contributed by atoms with Crippen LogP contribution in [-0.4, -0.2) is 18.4 Å². The number of benzene rings is 3. The smallest absolute Gasteiger partial charge is 0.151 e. The van der Waals surface area contributed by atoms with Crippen LogP contribution in [0.5, 0.6) is 5.75 Å². The van der Waals surface area contributed by atoms with Gasteiger partial charge in [-0.1, -0.05) is 61.0 Å². The summed E-state index contributed by atoms with van der Waals surface area (Å²) in [5, 5.41) is 12.9. The number of ketones is 1. The third-order valence-corrected chi connectivity index (χ3v) is 6.26. The molecular formula is C29H29FN2O2. The summed E-state index contributed by atoms with van der Waals surface area (Å²) >= 11 is 0. The predicted molar refractivity (Wildman–Crippen MR) is 131 cm³/mol. The highest BCUT2D eigenvalue weighted by Gasteiger charge is 2.23. The van der Waals surface area contributed by atoms with Crippen LogP contribution in [0.3, 0.4) is 0 Å². The van der Waals surface area contributed by atoms with Gasteiger partial charge in [-0.2, -0.15) is 5.26 Å². The highest BCUT2D eigenvalue weighted by atomic mass is 19.1. The monoisotopic (exact) mass is 456 g/mol. The number of rotatable bonds is 9. The molecule has 0 radical (unpaired) electrons. The van der Waals surface area contributed by atoms with Crippen molar-refractivity contribution in [2.75, 3.05) is 6.54 Å². The van der Waals surface area contributed by atoms with Crippen LogP contribution in [0.1, 0.15) is 36.8 Å². The lowest BCUT2D eigenvalue weighted by atomic mass is 9.90. The Morgan fingerprint density at radius 2 is 1.85 bits per heavy atom. The van der Waals surface area contributed by atoms with E-state index >= 15 is 0 Å². The van der Waals surface area contributed by atoms with Crippen LogP contribution in [-0.2, 0) is 17.8 Å². The molecule has 3 aromatic carbocycles. The molecule has 34 heavy (non-hydrogen) atoms. The van der Waals surface area contributed by atoms with Gasteiger partial charge in [-0.05, 0) is 54.6 Å². The minimum absolute atomic E-state index is 0.111. The Bertz CT molecular complexity index is 1130. The summed E-state index contributed by atoms with van der Waals surface area (Å²) in [6.45, 7) is 1.22. The molecular weight excluding hydrogens is 427 g/mol. The van der Waals surface area contributed by atoms with E-state index in [4.69, 9.17) is 4.74 Å². The number of piperidine rings is 1. The number of ether oxygens (including phenoxy) is 1. The van der Waals surface area contributed by atoms with Gasteiger partial charge in [0.2, 0.25) is 0 Å². The Morgan fingerprint density at radius 1 is 1.06 bits per heavy atom. The van der Waals surface area contributed by atoms with Gasteiger partial charge >= 0.3 is 0 Å². The maximum Gasteiger partial charge on any atom is 0.151 e. The molecule has 2 atom stereocenters. The molecule has 174 valence electrons. The van der Waals surface area contributed by atoms with Crippen molar-refractivity contribution in [3.63, 3.8) is 0 Å². The van der Waals surface area contributed by atoms with E-state index in [2.05, 4.69) is 11.4 Å². The molecule has 4 nitrogen and oxygen atoms in total. The number of Topliss-reactive ketones (excluding diaryl/α,β-unsaturated/α-hetero) is 1. The minimum Gasteiger partial charge on any atom is -0.488 e. The molecule has 1 saturated heterocycles. The molecule has 1 fully saturated rings. The van der Waals surface area contributed by atoms with E-state index < -0.39 is 0 Å². The van der Waals surface area contributed by atoms with Gasteiger partial charge in [-0.3, -0.25) is 4.79 Å². The zero-order valence-corrected chi connectivity index (χ0v) is 19.2. The fourth-order valence-electron chi connectivity index (χ4n) is 4.37. The molecule has 0 aromatic heterocycles. The molecule has 4 rings (SSSR count). The maximum atomic E-state index is 13.9. The number of nitriles is 1. The molecule has 1 N–H and O–H groups in total. The topological polar surface area (TPSA) is 62.1 Å². The van der Waals surface area contributed by atoms with Gasteiger partial charge in [0.1, 0.15) is 18.2 Å². The fraction of sp³-hybridized carbons (Fsp3) is 0.310. The quantitative estimate of drug-likeness (QED) is 0.438. The Morgan fingerprint density at radius 3 is 2.56 bits per heavy atom. The summed E-state index contributed by atoms with van der Waals surface area (Å²) in [6.07, 6.45) is 3.81. The summed E-state index contributed by atoms with van der Waals surface area (Å²) < 4.78 is 19.9. The third kappa shape index (κ3) is 6.30.